The summed E-state index contributed by atoms with van der Waals surface area (Å²) < 4.78 is 29.0. The van der Waals surface area contributed by atoms with E-state index < -0.39 is 10.0 Å². The molecule has 2 aromatic heterocycles. The van der Waals surface area contributed by atoms with E-state index in [9.17, 15) is 13.2 Å². The molecule has 2 fully saturated rings. The number of anilines is 1. The Kier molecular flexibility index (Phi) is 6.13. The van der Waals surface area contributed by atoms with Crippen molar-refractivity contribution in [1.82, 2.24) is 29.4 Å². The van der Waals surface area contributed by atoms with E-state index >= 15 is 0 Å². The van der Waals surface area contributed by atoms with Crippen LogP contribution in [0.25, 0.3) is 5.69 Å². The molecule has 5 rings (SSSR count). The van der Waals surface area contributed by atoms with Crippen molar-refractivity contribution in [3.63, 3.8) is 0 Å². The zero-order chi connectivity index (χ0) is 22.8. The number of nitrogens with zero attached hydrogens (tertiary/aromatic N) is 7. The minimum absolute atomic E-state index is 0.116. The highest BCUT2D eigenvalue weighted by Gasteiger charge is 2.35. The molecule has 0 radical (unpaired) electrons. The quantitative estimate of drug-likeness (QED) is 0.537. The second-order valence-electron chi connectivity index (χ2n) is 8.15. The number of piperidine rings is 1. The van der Waals surface area contributed by atoms with E-state index in [2.05, 4.69) is 20.4 Å². The second-order valence-corrected chi connectivity index (χ2v) is 11.3. The van der Waals surface area contributed by atoms with Crippen LogP contribution in [0.1, 0.15) is 12.8 Å². The number of thiophene rings is 1. The average molecular weight is 488 g/mol. The number of tetrazole rings is 1. The van der Waals surface area contributed by atoms with Gasteiger partial charge >= 0.3 is 0 Å². The molecule has 0 bridgehead atoms. The third-order valence-electron chi connectivity index (χ3n) is 6.22. The fraction of sp³-hybridized carbons (Fsp3) is 0.429. The Morgan fingerprint density at radius 2 is 1.67 bits per heavy atom. The highest BCUT2D eigenvalue weighted by Crippen LogP contribution is 2.27. The lowest BCUT2D eigenvalue weighted by molar-refractivity contribution is -0.137. The van der Waals surface area contributed by atoms with E-state index in [1.807, 2.05) is 35.2 Å². The summed E-state index contributed by atoms with van der Waals surface area (Å²) in [6.45, 7) is 3.22. The molecule has 174 valence electrons. The molecule has 2 aliphatic rings. The van der Waals surface area contributed by atoms with Gasteiger partial charge in [0, 0.05) is 45.2 Å². The number of hydrogen-bond donors (Lipinski definition) is 0. The number of sulfonamides is 1. The number of aromatic nitrogens is 4. The van der Waals surface area contributed by atoms with E-state index in [1.54, 1.807) is 22.2 Å². The zero-order valence-electron chi connectivity index (χ0n) is 18.0. The zero-order valence-corrected chi connectivity index (χ0v) is 19.7. The van der Waals surface area contributed by atoms with Crippen molar-refractivity contribution in [3.8, 4) is 5.69 Å². The summed E-state index contributed by atoms with van der Waals surface area (Å²) in [7, 11) is -3.45. The summed E-state index contributed by atoms with van der Waals surface area (Å²) in [5, 5.41) is 13.9. The van der Waals surface area contributed by atoms with Crippen LogP contribution in [-0.2, 0) is 14.8 Å². The fourth-order valence-corrected chi connectivity index (χ4v) is 7.00. The van der Waals surface area contributed by atoms with Crippen molar-refractivity contribution in [2.75, 3.05) is 44.2 Å². The lowest BCUT2D eigenvalue weighted by atomic mass is 9.96. The number of benzene rings is 1. The topological polar surface area (TPSA) is 105 Å². The van der Waals surface area contributed by atoms with Crippen LogP contribution in [0.15, 0.2) is 52.1 Å². The molecule has 4 heterocycles. The van der Waals surface area contributed by atoms with Gasteiger partial charge in [-0.05, 0) is 46.8 Å². The summed E-state index contributed by atoms with van der Waals surface area (Å²) in [6, 6.07) is 13.1. The molecule has 33 heavy (non-hydrogen) atoms. The van der Waals surface area contributed by atoms with Crippen LogP contribution in [0.2, 0.25) is 0 Å². The van der Waals surface area contributed by atoms with Crippen molar-refractivity contribution in [3.05, 3.63) is 47.8 Å². The number of para-hydroxylation sites is 1. The molecule has 0 N–H and O–H groups in total. The molecule has 12 heteroatoms. The van der Waals surface area contributed by atoms with Gasteiger partial charge in [0.2, 0.25) is 11.9 Å². The molecule has 0 aliphatic carbocycles. The van der Waals surface area contributed by atoms with Crippen molar-refractivity contribution >= 4 is 33.2 Å². The number of carbonyl (C=O) groups is 1. The molecule has 0 atom stereocenters. The predicted octanol–water partition coefficient (Wildman–Crippen LogP) is 1.47. The van der Waals surface area contributed by atoms with Crippen LogP contribution >= 0.6 is 11.3 Å². The van der Waals surface area contributed by atoms with Crippen molar-refractivity contribution < 1.29 is 13.2 Å². The molecule has 2 saturated heterocycles. The summed E-state index contributed by atoms with van der Waals surface area (Å²) >= 11 is 1.23. The SMILES string of the molecule is O=C(C1CCN(S(=O)(=O)c2cccs2)CC1)N1CCN(c2nnnn2-c2ccccc2)CC1. The first-order valence-corrected chi connectivity index (χ1v) is 13.3. The summed E-state index contributed by atoms with van der Waals surface area (Å²) in [4.78, 5) is 17.1. The molecule has 0 spiro atoms. The molecule has 2 aliphatic heterocycles. The van der Waals surface area contributed by atoms with E-state index in [1.165, 1.54) is 15.6 Å². The maximum atomic E-state index is 13.1. The first-order chi connectivity index (χ1) is 16.0. The Labute approximate surface area is 196 Å². The summed E-state index contributed by atoms with van der Waals surface area (Å²) in [5.41, 5.74) is 0.889. The van der Waals surface area contributed by atoms with E-state index in [4.69, 9.17) is 0 Å². The van der Waals surface area contributed by atoms with Gasteiger partial charge < -0.3 is 9.80 Å². The highest BCUT2D eigenvalue weighted by atomic mass is 32.2. The van der Waals surface area contributed by atoms with Gasteiger partial charge in [0.25, 0.3) is 10.0 Å². The number of amides is 1. The van der Waals surface area contributed by atoms with Gasteiger partial charge in [0.1, 0.15) is 4.21 Å². The van der Waals surface area contributed by atoms with Gasteiger partial charge in [-0.2, -0.15) is 8.99 Å². The van der Waals surface area contributed by atoms with Crippen LogP contribution in [0, 0.1) is 5.92 Å². The second kappa shape index (κ2) is 9.20. The Hall–Kier alpha value is -2.83. The Morgan fingerprint density at radius 3 is 2.33 bits per heavy atom. The van der Waals surface area contributed by atoms with Crippen molar-refractivity contribution in [2.45, 2.75) is 17.1 Å². The molecular formula is C21H25N7O3S2. The Balaban J connectivity index is 1.17. The number of carbonyl (C=O) groups excluding carboxylic acids is 1. The van der Waals surface area contributed by atoms with Crippen LogP contribution in [0.4, 0.5) is 5.95 Å². The van der Waals surface area contributed by atoms with Crippen LogP contribution in [-0.4, -0.2) is 83.0 Å². The van der Waals surface area contributed by atoms with Crippen LogP contribution in [0.3, 0.4) is 0 Å². The Bertz CT molecular complexity index is 1180. The Morgan fingerprint density at radius 1 is 0.939 bits per heavy atom. The lowest BCUT2D eigenvalue weighted by Crippen LogP contribution is -2.52. The van der Waals surface area contributed by atoms with E-state index in [-0.39, 0.29) is 11.8 Å². The standard InChI is InChI=1S/C21H25N7O3S2/c29-20(17-8-10-27(11-9-17)33(30,31)19-7-4-16-32-19)25-12-14-26(15-13-25)21-22-23-24-28(21)18-5-2-1-3-6-18/h1-7,16-17H,8-15H2. The summed E-state index contributed by atoms with van der Waals surface area (Å²) in [6.07, 6.45) is 1.10. The maximum Gasteiger partial charge on any atom is 0.252 e. The predicted molar refractivity (Wildman–Crippen MR) is 124 cm³/mol. The van der Waals surface area contributed by atoms with Gasteiger partial charge in [-0.25, -0.2) is 8.42 Å². The normalized spacial score (nSPS) is 18.5. The minimum atomic E-state index is -3.45. The van der Waals surface area contributed by atoms with Crippen LogP contribution < -0.4 is 4.90 Å². The first kappa shape index (κ1) is 22.0. The minimum Gasteiger partial charge on any atom is -0.339 e. The first-order valence-electron chi connectivity index (χ1n) is 11.0. The molecule has 1 aromatic carbocycles. The maximum absolute atomic E-state index is 13.1. The van der Waals surface area contributed by atoms with Crippen molar-refractivity contribution in [2.24, 2.45) is 5.92 Å². The molecule has 1 amide bonds. The van der Waals surface area contributed by atoms with Gasteiger partial charge in [0.15, 0.2) is 0 Å². The molecule has 10 nitrogen and oxygen atoms in total. The van der Waals surface area contributed by atoms with Crippen molar-refractivity contribution in [1.29, 1.82) is 0 Å². The molecular weight excluding hydrogens is 462 g/mol. The lowest BCUT2D eigenvalue weighted by Gasteiger charge is -2.38. The molecule has 0 saturated carbocycles. The van der Waals surface area contributed by atoms with E-state index in [0.717, 1.165) is 5.69 Å². The number of rotatable bonds is 5. The molecule has 3 aromatic rings. The van der Waals surface area contributed by atoms with Gasteiger partial charge in [0.05, 0.1) is 5.69 Å². The fourth-order valence-electron chi connectivity index (χ4n) is 4.38. The average Bonchev–Trinajstić information content (AvgIpc) is 3.57. The third kappa shape index (κ3) is 4.37. The number of piperazine rings is 1. The van der Waals surface area contributed by atoms with Gasteiger partial charge in [-0.15, -0.1) is 11.3 Å². The molecule has 0 unspecified atom stereocenters. The third-order valence-corrected chi connectivity index (χ3v) is 9.49. The van der Waals surface area contributed by atoms with Gasteiger partial charge in [-0.3, -0.25) is 4.79 Å². The largest absolute Gasteiger partial charge is 0.339 e. The van der Waals surface area contributed by atoms with E-state index in [0.29, 0.717) is 62.3 Å². The highest BCUT2D eigenvalue weighted by molar-refractivity contribution is 7.91. The van der Waals surface area contributed by atoms with Gasteiger partial charge in [-0.1, -0.05) is 29.4 Å². The smallest absolute Gasteiger partial charge is 0.252 e. The van der Waals surface area contributed by atoms with Crippen LogP contribution in [0.5, 0.6) is 0 Å². The summed E-state index contributed by atoms with van der Waals surface area (Å²) in [5.74, 6) is 0.645. The monoisotopic (exact) mass is 487 g/mol. The number of hydrogen-bond acceptors (Lipinski definition) is 8.